The minimum absolute atomic E-state index is 0.254. The van der Waals surface area contributed by atoms with Crippen molar-refractivity contribution in [1.29, 1.82) is 0 Å². The number of nitrogens with zero attached hydrogens (tertiary/aromatic N) is 1. The van der Waals surface area contributed by atoms with E-state index in [1.165, 1.54) is 11.3 Å². The quantitative estimate of drug-likeness (QED) is 0.781. The summed E-state index contributed by atoms with van der Waals surface area (Å²) in [6.07, 6.45) is 0.169. The van der Waals surface area contributed by atoms with Crippen molar-refractivity contribution < 1.29 is 19.4 Å². The van der Waals surface area contributed by atoms with Crippen LogP contribution in [0.2, 0.25) is 0 Å². The second-order valence-electron chi connectivity index (χ2n) is 5.49. The number of amides is 1. The van der Waals surface area contributed by atoms with Crippen molar-refractivity contribution in [3.05, 3.63) is 21.4 Å². The second kappa shape index (κ2) is 4.85. The molecule has 0 aromatic carbocycles. The Balaban J connectivity index is 2.11. The lowest BCUT2D eigenvalue weighted by Gasteiger charge is -2.30. The van der Waals surface area contributed by atoms with Gasteiger partial charge in [-0.3, -0.25) is 0 Å². The minimum atomic E-state index is -1.15. The van der Waals surface area contributed by atoms with Gasteiger partial charge in [-0.05, 0) is 32.8 Å². The van der Waals surface area contributed by atoms with Crippen molar-refractivity contribution in [3.8, 4) is 0 Å². The van der Waals surface area contributed by atoms with Gasteiger partial charge in [0.2, 0.25) is 0 Å². The molecule has 0 N–H and O–H groups in total. The number of carbonyl (C=O) groups is 2. The zero-order chi connectivity index (χ0) is 14.2. The molecule has 0 unspecified atom stereocenters. The molecule has 0 bridgehead atoms. The number of carboxylic acid groups (broad SMARTS) is 1. The molecule has 0 aliphatic carbocycles. The van der Waals surface area contributed by atoms with Crippen LogP contribution in [0.4, 0.5) is 4.79 Å². The SMILES string of the molecule is CC(C)(C)OC(=O)N1CCc2c(C(=O)[O-])csc2C1. The van der Waals surface area contributed by atoms with Gasteiger partial charge in [0, 0.05) is 22.4 Å². The van der Waals surface area contributed by atoms with Crippen LogP contribution in [-0.4, -0.2) is 29.1 Å². The second-order valence-corrected chi connectivity index (χ2v) is 6.45. The zero-order valence-electron chi connectivity index (χ0n) is 11.2. The van der Waals surface area contributed by atoms with E-state index >= 15 is 0 Å². The average molecular weight is 282 g/mol. The van der Waals surface area contributed by atoms with Gasteiger partial charge in [0.25, 0.3) is 0 Å². The maximum absolute atomic E-state index is 11.9. The van der Waals surface area contributed by atoms with E-state index in [1.54, 1.807) is 10.3 Å². The Morgan fingerprint density at radius 2 is 2.11 bits per heavy atom. The summed E-state index contributed by atoms with van der Waals surface area (Å²) in [7, 11) is 0. The molecule has 1 aliphatic heterocycles. The summed E-state index contributed by atoms with van der Waals surface area (Å²) in [4.78, 5) is 25.4. The fraction of sp³-hybridized carbons (Fsp3) is 0.538. The number of rotatable bonds is 1. The Hall–Kier alpha value is -1.56. The van der Waals surface area contributed by atoms with E-state index in [9.17, 15) is 14.7 Å². The third-order valence-electron chi connectivity index (χ3n) is 2.82. The molecule has 1 aromatic rings. The largest absolute Gasteiger partial charge is 0.545 e. The predicted molar refractivity (Wildman–Crippen MR) is 69.0 cm³/mol. The summed E-state index contributed by atoms with van der Waals surface area (Å²) in [5.41, 5.74) is 0.525. The van der Waals surface area contributed by atoms with Crippen molar-refractivity contribution in [1.82, 2.24) is 4.90 Å². The number of hydrogen-bond acceptors (Lipinski definition) is 5. The van der Waals surface area contributed by atoms with Gasteiger partial charge in [-0.2, -0.15) is 0 Å². The molecule has 0 spiro atoms. The molecule has 1 aromatic heterocycles. The van der Waals surface area contributed by atoms with Crippen molar-refractivity contribution in [3.63, 3.8) is 0 Å². The number of ether oxygens (including phenoxy) is 1. The normalized spacial score (nSPS) is 15.0. The van der Waals surface area contributed by atoms with Crippen LogP contribution in [0.15, 0.2) is 5.38 Å². The van der Waals surface area contributed by atoms with E-state index in [-0.39, 0.29) is 11.7 Å². The molecule has 1 amide bonds. The van der Waals surface area contributed by atoms with Gasteiger partial charge in [-0.15, -0.1) is 11.3 Å². The van der Waals surface area contributed by atoms with Crippen LogP contribution in [0.25, 0.3) is 0 Å². The maximum atomic E-state index is 11.9. The molecule has 0 saturated carbocycles. The Morgan fingerprint density at radius 1 is 1.42 bits per heavy atom. The third kappa shape index (κ3) is 3.07. The van der Waals surface area contributed by atoms with Gasteiger partial charge in [-0.25, -0.2) is 4.79 Å². The van der Waals surface area contributed by atoms with Gasteiger partial charge in [0.15, 0.2) is 0 Å². The molecule has 0 radical (unpaired) electrons. The summed E-state index contributed by atoms with van der Waals surface area (Å²) < 4.78 is 5.31. The van der Waals surface area contributed by atoms with Crippen LogP contribution in [0.3, 0.4) is 0 Å². The van der Waals surface area contributed by atoms with Crippen LogP contribution >= 0.6 is 11.3 Å². The molecule has 6 heteroatoms. The van der Waals surface area contributed by atoms with Gasteiger partial charge in [0.05, 0.1) is 12.5 Å². The highest BCUT2D eigenvalue weighted by molar-refractivity contribution is 7.10. The van der Waals surface area contributed by atoms with Crippen LogP contribution < -0.4 is 5.11 Å². The highest BCUT2D eigenvalue weighted by Gasteiger charge is 2.27. The molecule has 0 saturated heterocycles. The highest BCUT2D eigenvalue weighted by Crippen LogP contribution is 2.29. The molecule has 2 heterocycles. The third-order valence-corrected chi connectivity index (χ3v) is 3.83. The van der Waals surface area contributed by atoms with Crippen molar-refractivity contribution in [2.24, 2.45) is 0 Å². The first-order chi connectivity index (χ1) is 8.78. The Kier molecular flexibility index (Phi) is 3.54. The average Bonchev–Trinajstić information content (AvgIpc) is 2.68. The lowest BCUT2D eigenvalue weighted by molar-refractivity contribution is -0.255. The molecule has 104 valence electrons. The fourth-order valence-corrected chi connectivity index (χ4v) is 3.07. The van der Waals surface area contributed by atoms with Gasteiger partial charge in [0.1, 0.15) is 5.60 Å². The number of carbonyl (C=O) groups excluding carboxylic acids is 2. The smallest absolute Gasteiger partial charge is 0.410 e. The maximum Gasteiger partial charge on any atom is 0.410 e. The van der Waals surface area contributed by atoms with E-state index in [4.69, 9.17) is 4.74 Å². The molecular formula is C13H16NO4S-. The highest BCUT2D eigenvalue weighted by atomic mass is 32.1. The lowest BCUT2D eigenvalue weighted by atomic mass is 10.0. The van der Waals surface area contributed by atoms with E-state index in [1.807, 2.05) is 20.8 Å². The summed E-state index contributed by atoms with van der Waals surface area (Å²) in [6, 6.07) is 0. The molecule has 19 heavy (non-hydrogen) atoms. The topological polar surface area (TPSA) is 69.7 Å². The number of fused-ring (bicyclic) bond motifs is 1. The first-order valence-corrected chi connectivity index (χ1v) is 6.94. The minimum Gasteiger partial charge on any atom is -0.545 e. The van der Waals surface area contributed by atoms with E-state index < -0.39 is 11.6 Å². The molecular weight excluding hydrogens is 266 g/mol. The van der Waals surface area contributed by atoms with E-state index in [2.05, 4.69) is 0 Å². The molecule has 2 rings (SSSR count). The zero-order valence-corrected chi connectivity index (χ0v) is 12.0. The molecule has 1 aliphatic rings. The lowest BCUT2D eigenvalue weighted by Crippen LogP contribution is -2.39. The van der Waals surface area contributed by atoms with Gasteiger partial charge >= 0.3 is 6.09 Å². The van der Waals surface area contributed by atoms with Crippen molar-refractivity contribution >= 4 is 23.4 Å². The standard InChI is InChI=1S/C13H17NO4S/c1-13(2,3)18-12(17)14-5-4-8-9(11(15)16)7-19-10(8)6-14/h7H,4-6H2,1-3H3,(H,15,16)/p-1. The Bertz CT molecular complexity index is 515. The number of thiophene rings is 1. The molecule has 0 atom stereocenters. The molecule has 5 nitrogen and oxygen atoms in total. The summed E-state index contributed by atoms with van der Waals surface area (Å²) in [6.45, 7) is 6.33. The predicted octanol–water partition coefficient (Wildman–Crippen LogP) is 1.40. The first-order valence-electron chi connectivity index (χ1n) is 6.06. The van der Waals surface area contributed by atoms with E-state index in [0.717, 1.165) is 10.4 Å². The van der Waals surface area contributed by atoms with Crippen LogP contribution in [0, 0.1) is 0 Å². The Morgan fingerprint density at radius 3 is 2.68 bits per heavy atom. The van der Waals surface area contributed by atoms with Gasteiger partial charge < -0.3 is 19.5 Å². The molecule has 0 fully saturated rings. The van der Waals surface area contributed by atoms with E-state index in [0.29, 0.717) is 19.5 Å². The summed E-state index contributed by atoms with van der Waals surface area (Å²) in [5.74, 6) is -1.15. The van der Waals surface area contributed by atoms with Crippen LogP contribution in [-0.2, 0) is 17.7 Å². The number of carboxylic acids is 1. The summed E-state index contributed by atoms with van der Waals surface area (Å²) >= 11 is 1.35. The number of aromatic carboxylic acids is 1. The van der Waals surface area contributed by atoms with Gasteiger partial charge in [-0.1, -0.05) is 0 Å². The van der Waals surface area contributed by atoms with Crippen LogP contribution in [0.1, 0.15) is 41.6 Å². The summed E-state index contributed by atoms with van der Waals surface area (Å²) in [5, 5.41) is 12.5. The van der Waals surface area contributed by atoms with Crippen LogP contribution in [0.5, 0.6) is 0 Å². The monoisotopic (exact) mass is 282 g/mol. The first kappa shape index (κ1) is 13.9. The Labute approximate surface area is 115 Å². The number of hydrogen-bond donors (Lipinski definition) is 0. The van der Waals surface area contributed by atoms with Crippen molar-refractivity contribution in [2.45, 2.75) is 39.3 Å². The van der Waals surface area contributed by atoms with Crippen molar-refractivity contribution in [2.75, 3.05) is 6.54 Å². The fourth-order valence-electron chi connectivity index (χ4n) is 1.98.